The maximum atomic E-state index is 12.2. The molecule has 0 aliphatic rings. The Morgan fingerprint density at radius 1 is 1.30 bits per heavy atom. The molecule has 0 aromatic heterocycles. The molecule has 0 heterocycles. The van der Waals surface area contributed by atoms with Crippen molar-refractivity contribution in [3.05, 3.63) is 29.8 Å². The highest BCUT2D eigenvalue weighted by molar-refractivity contribution is 7.98. The summed E-state index contributed by atoms with van der Waals surface area (Å²) in [5, 5.41) is 0. The summed E-state index contributed by atoms with van der Waals surface area (Å²) in [6.07, 6.45) is 2.45. The lowest BCUT2D eigenvalue weighted by Crippen LogP contribution is -2.40. The molecule has 3 nitrogen and oxygen atoms in total. The molecule has 0 radical (unpaired) electrons. The number of carbonyl (C=O) groups is 1. The van der Waals surface area contributed by atoms with E-state index in [1.54, 1.807) is 16.7 Å². The Bertz CT molecular complexity index is 437. The second kappa shape index (κ2) is 7.14. The first kappa shape index (κ1) is 17.1. The number of hydrogen-bond acceptors (Lipinski definition) is 3. The van der Waals surface area contributed by atoms with Gasteiger partial charge >= 0.3 is 0 Å². The van der Waals surface area contributed by atoms with Crippen molar-refractivity contribution in [1.82, 2.24) is 4.90 Å². The van der Waals surface area contributed by atoms with Gasteiger partial charge in [0, 0.05) is 31.0 Å². The van der Waals surface area contributed by atoms with Gasteiger partial charge in [-0.2, -0.15) is 0 Å². The maximum Gasteiger partial charge on any atom is 0.224 e. The Hall–Kier alpha value is -1.00. The van der Waals surface area contributed by atoms with E-state index in [0.29, 0.717) is 13.0 Å². The zero-order valence-electron chi connectivity index (χ0n) is 13.1. The number of rotatable bonds is 5. The molecule has 0 aliphatic carbocycles. The van der Waals surface area contributed by atoms with Crippen LogP contribution in [0.1, 0.15) is 32.8 Å². The molecule has 1 atom stereocenters. The van der Waals surface area contributed by atoms with Crippen LogP contribution in [-0.2, 0) is 11.3 Å². The lowest BCUT2D eigenvalue weighted by molar-refractivity contribution is -0.131. The smallest absolute Gasteiger partial charge is 0.224 e. The van der Waals surface area contributed by atoms with Gasteiger partial charge in [-0.1, -0.05) is 32.9 Å². The summed E-state index contributed by atoms with van der Waals surface area (Å²) in [6.45, 7) is 6.81. The zero-order chi connectivity index (χ0) is 15.3. The van der Waals surface area contributed by atoms with Crippen LogP contribution in [0.3, 0.4) is 0 Å². The Kier molecular flexibility index (Phi) is 6.08. The molecule has 112 valence electrons. The second-order valence-electron chi connectivity index (χ2n) is 6.27. The maximum absolute atomic E-state index is 12.2. The molecule has 0 aliphatic heterocycles. The van der Waals surface area contributed by atoms with Gasteiger partial charge in [0.15, 0.2) is 0 Å². The monoisotopic (exact) mass is 294 g/mol. The minimum Gasteiger partial charge on any atom is -0.341 e. The van der Waals surface area contributed by atoms with Crippen molar-refractivity contribution in [1.29, 1.82) is 0 Å². The molecule has 0 fully saturated rings. The largest absolute Gasteiger partial charge is 0.341 e. The fourth-order valence-electron chi connectivity index (χ4n) is 1.74. The number of hydrogen-bond donors (Lipinski definition) is 1. The van der Waals surface area contributed by atoms with Crippen LogP contribution in [0.2, 0.25) is 0 Å². The quantitative estimate of drug-likeness (QED) is 0.849. The average molecular weight is 294 g/mol. The summed E-state index contributed by atoms with van der Waals surface area (Å²) in [7, 11) is 1.83. The molecule has 1 unspecified atom stereocenters. The molecule has 1 aromatic carbocycles. The van der Waals surface area contributed by atoms with Crippen LogP contribution in [0, 0.1) is 5.41 Å². The summed E-state index contributed by atoms with van der Waals surface area (Å²) in [6, 6.07) is 8.19. The van der Waals surface area contributed by atoms with E-state index in [-0.39, 0.29) is 17.4 Å². The standard InChI is InChI=1S/C16H26N2OS/c1-16(2,3)14(17)10-15(19)18(4)11-12-6-8-13(20-5)9-7-12/h6-9,14H,10-11,17H2,1-5H3. The van der Waals surface area contributed by atoms with Crippen LogP contribution in [-0.4, -0.2) is 30.2 Å². The molecule has 2 N–H and O–H groups in total. The normalized spacial score (nSPS) is 13.1. The summed E-state index contributed by atoms with van der Waals surface area (Å²) in [4.78, 5) is 15.2. The average Bonchev–Trinajstić information content (AvgIpc) is 2.38. The minimum absolute atomic E-state index is 0.0451. The molecular weight excluding hydrogens is 268 g/mol. The Labute approximate surface area is 126 Å². The Balaban J connectivity index is 2.57. The molecule has 1 amide bonds. The van der Waals surface area contributed by atoms with Crippen LogP contribution in [0.15, 0.2) is 29.2 Å². The van der Waals surface area contributed by atoms with Crippen LogP contribution < -0.4 is 5.73 Å². The van der Waals surface area contributed by atoms with Crippen LogP contribution in [0.4, 0.5) is 0 Å². The summed E-state index contributed by atoms with van der Waals surface area (Å²) < 4.78 is 0. The van der Waals surface area contributed by atoms with E-state index >= 15 is 0 Å². The zero-order valence-corrected chi connectivity index (χ0v) is 14.0. The molecule has 0 saturated heterocycles. The van der Waals surface area contributed by atoms with E-state index in [9.17, 15) is 4.79 Å². The van der Waals surface area contributed by atoms with Crippen molar-refractivity contribution in [2.45, 2.75) is 44.7 Å². The highest BCUT2D eigenvalue weighted by atomic mass is 32.2. The van der Waals surface area contributed by atoms with Gasteiger partial charge in [-0.25, -0.2) is 0 Å². The van der Waals surface area contributed by atoms with Crippen molar-refractivity contribution >= 4 is 17.7 Å². The number of carbonyl (C=O) groups excluding carboxylic acids is 1. The molecule has 0 spiro atoms. The lowest BCUT2D eigenvalue weighted by Gasteiger charge is -2.28. The fourth-order valence-corrected chi connectivity index (χ4v) is 2.15. The topological polar surface area (TPSA) is 46.3 Å². The van der Waals surface area contributed by atoms with Crippen molar-refractivity contribution in [3.63, 3.8) is 0 Å². The number of nitrogens with two attached hydrogens (primary N) is 1. The lowest BCUT2D eigenvalue weighted by atomic mass is 9.85. The summed E-state index contributed by atoms with van der Waals surface area (Å²) in [5.41, 5.74) is 7.17. The van der Waals surface area contributed by atoms with Crippen molar-refractivity contribution in [2.24, 2.45) is 11.1 Å². The van der Waals surface area contributed by atoms with Crippen molar-refractivity contribution < 1.29 is 4.79 Å². The number of thioether (sulfide) groups is 1. The molecular formula is C16H26N2OS. The van der Waals surface area contributed by atoms with E-state index in [1.807, 2.05) is 7.05 Å². The first-order valence-electron chi connectivity index (χ1n) is 6.86. The predicted molar refractivity (Wildman–Crippen MR) is 86.7 cm³/mol. The van der Waals surface area contributed by atoms with Crippen LogP contribution >= 0.6 is 11.8 Å². The number of benzene rings is 1. The molecule has 20 heavy (non-hydrogen) atoms. The van der Waals surface area contributed by atoms with E-state index in [1.165, 1.54) is 4.90 Å². The van der Waals surface area contributed by atoms with E-state index in [0.717, 1.165) is 5.56 Å². The van der Waals surface area contributed by atoms with Crippen LogP contribution in [0.25, 0.3) is 0 Å². The third kappa shape index (κ3) is 5.17. The first-order chi connectivity index (χ1) is 9.24. The fraction of sp³-hybridized carbons (Fsp3) is 0.562. The molecule has 0 saturated carbocycles. The van der Waals surface area contributed by atoms with Crippen LogP contribution in [0.5, 0.6) is 0 Å². The van der Waals surface area contributed by atoms with Crippen molar-refractivity contribution in [3.8, 4) is 0 Å². The first-order valence-corrected chi connectivity index (χ1v) is 8.09. The van der Waals surface area contributed by atoms with E-state index < -0.39 is 0 Å². The van der Waals surface area contributed by atoms with Gasteiger partial charge in [0.1, 0.15) is 0 Å². The SMILES string of the molecule is CSc1ccc(CN(C)C(=O)CC(N)C(C)(C)C)cc1. The van der Waals surface area contributed by atoms with Gasteiger partial charge in [-0.05, 0) is 29.4 Å². The second-order valence-corrected chi connectivity index (χ2v) is 7.15. The molecule has 1 rings (SSSR count). The third-order valence-corrected chi connectivity index (χ3v) is 4.26. The minimum atomic E-state index is -0.115. The molecule has 1 aromatic rings. The van der Waals surface area contributed by atoms with Gasteiger partial charge in [-0.15, -0.1) is 11.8 Å². The van der Waals surface area contributed by atoms with E-state index in [2.05, 4.69) is 51.3 Å². The van der Waals surface area contributed by atoms with Crippen molar-refractivity contribution in [2.75, 3.05) is 13.3 Å². The Morgan fingerprint density at radius 2 is 1.85 bits per heavy atom. The van der Waals surface area contributed by atoms with Gasteiger partial charge < -0.3 is 10.6 Å². The number of nitrogens with zero attached hydrogens (tertiary/aromatic N) is 1. The van der Waals surface area contributed by atoms with E-state index in [4.69, 9.17) is 5.73 Å². The summed E-state index contributed by atoms with van der Waals surface area (Å²) >= 11 is 1.72. The third-order valence-electron chi connectivity index (χ3n) is 3.51. The molecule has 4 heteroatoms. The highest BCUT2D eigenvalue weighted by Crippen LogP contribution is 2.21. The van der Waals surface area contributed by atoms with Gasteiger partial charge in [0.2, 0.25) is 5.91 Å². The number of amides is 1. The highest BCUT2D eigenvalue weighted by Gasteiger charge is 2.24. The Morgan fingerprint density at radius 3 is 2.30 bits per heavy atom. The molecule has 0 bridgehead atoms. The van der Waals surface area contributed by atoms with Gasteiger partial charge in [0.25, 0.3) is 0 Å². The summed E-state index contributed by atoms with van der Waals surface area (Å²) in [5.74, 6) is 0.0985. The van der Waals surface area contributed by atoms with Gasteiger partial charge in [0.05, 0.1) is 0 Å². The van der Waals surface area contributed by atoms with Gasteiger partial charge in [-0.3, -0.25) is 4.79 Å². The predicted octanol–water partition coefficient (Wildman–Crippen LogP) is 3.13.